The Morgan fingerprint density at radius 2 is 1.87 bits per heavy atom. The third-order valence-corrected chi connectivity index (χ3v) is 7.17. The van der Waals surface area contributed by atoms with E-state index in [0.29, 0.717) is 12.8 Å². The maximum absolute atomic E-state index is 12.7. The van der Waals surface area contributed by atoms with Crippen molar-refractivity contribution < 1.29 is 14.7 Å². The van der Waals surface area contributed by atoms with Gasteiger partial charge in [-0.25, -0.2) is 0 Å². The maximum atomic E-state index is 12.7. The third-order valence-electron chi connectivity index (χ3n) is 7.17. The molecule has 3 nitrogen and oxygen atoms in total. The molecule has 3 aliphatic rings. The van der Waals surface area contributed by atoms with E-state index in [0.717, 1.165) is 12.8 Å². The van der Waals surface area contributed by atoms with Crippen molar-refractivity contribution in [1.82, 2.24) is 0 Å². The van der Waals surface area contributed by atoms with Crippen molar-refractivity contribution >= 4 is 11.6 Å². The summed E-state index contributed by atoms with van der Waals surface area (Å²) in [5, 5.41) is 10.4. The molecule has 126 valence electrons. The number of allylic oxidation sites excluding steroid dienone is 3. The lowest BCUT2D eigenvalue weighted by atomic mass is 9.45. The van der Waals surface area contributed by atoms with Gasteiger partial charge in [0.1, 0.15) is 11.9 Å². The second-order valence-corrected chi connectivity index (χ2v) is 8.92. The molecular weight excluding hydrogens is 288 g/mol. The monoisotopic (exact) mass is 316 g/mol. The predicted molar refractivity (Wildman–Crippen MR) is 89.7 cm³/mol. The number of ketones is 2. The molecule has 3 heteroatoms. The average Bonchev–Trinajstić information content (AvgIpc) is 2.47. The number of Topliss-reactive ketones (excluding diaryl/α,β-unsaturated/α-hetero) is 2. The number of carbonyl (C=O) groups is 2. The summed E-state index contributed by atoms with van der Waals surface area (Å²) in [5.74, 6) is 0.502. The van der Waals surface area contributed by atoms with E-state index >= 15 is 0 Å². The smallest absolute Gasteiger partial charge is 0.162 e. The number of carbonyl (C=O) groups excluding carboxylic acids is 2. The number of hydrogen-bond acceptors (Lipinski definition) is 3. The lowest BCUT2D eigenvalue weighted by molar-refractivity contribution is -0.162. The lowest BCUT2D eigenvalue weighted by Gasteiger charge is -2.59. The van der Waals surface area contributed by atoms with Crippen LogP contribution in [0.15, 0.2) is 24.3 Å². The maximum Gasteiger partial charge on any atom is 0.162 e. The third kappa shape index (κ3) is 2.12. The van der Waals surface area contributed by atoms with Crippen LogP contribution < -0.4 is 0 Å². The molecule has 1 N–H and O–H groups in total. The topological polar surface area (TPSA) is 54.4 Å². The Bertz CT molecular complexity index is 614. The van der Waals surface area contributed by atoms with Crippen LogP contribution in [0.25, 0.3) is 0 Å². The number of hydrogen-bond donors (Lipinski definition) is 1. The molecule has 2 fully saturated rings. The fourth-order valence-electron chi connectivity index (χ4n) is 5.51. The van der Waals surface area contributed by atoms with Gasteiger partial charge in [0.05, 0.1) is 0 Å². The van der Waals surface area contributed by atoms with Gasteiger partial charge < -0.3 is 5.11 Å². The summed E-state index contributed by atoms with van der Waals surface area (Å²) >= 11 is 0. The van der Waals surface area contributed by atoms with Crippen LogP contribution >= 0.6 is 0 Å². The van der Waals surface area contributed by atoms with Crippen molar-refractivity contribution in [2.75, 3.05) is 0 Å². The molecule has 0 saturated heterocycles. The lowest BCUT2D eigenvalue weighted by Crippen LogP contribution is -2.59. The van der Waals surface area contributed by atoms with Crippen LogP contribution in [0.1, 0.15) is 53.4 Å². The van der Waals surface area contributed by atoms with Crippen molar-refractivity contribution in [2.45, 2.75) is 59.5 Å². The molecule has 0 radical (unpaired) electrons. The molecule has 0 bridgehead atoms. The van der Waals surface area contributed by atoms with Crippen LogP contribution in [0, 0.1) is 28.1 Å². The van der Waals surface area contributed by atoms with Gasteiger partial charge in [0.15, 0.2) is 5.78 Å². The van der Waals surface area contributed by atoms with Crippen molar-refractivity contribution in [3.8, 4) is 0 Å². The van der Waals surface area contributed by atoms with E-state index in [1.165, 1.54) is 5.57 Å². The van der Waals surface area contributed by atoms with Gasteiger partial charge in [0.2, 0.25) is 0 Å². The fourth-order valence-corrected chi connectivity index (χ4v) is 5.51. The van der Waals surface area contributed by atoms with E-state index in [2.05, 4.69) is 19.6 Å². The predicted octanol–water partition coefficient (Wildman–Crippen LogP) is 3.47. The van der Waals surface area contributed by atoms with Gasteiger partial charge in [0, 0.05) is 23.7 Å². The number of aliphatic hydroxyl groups is 1. The Hall–Kier alpha value is -1.22. The molecule has 5 unspecified atom stereocenters. The molecule has 0 aromatic carbocycles. The highest BCUT2D eigenvalue weighted by molar-refractivity contribution is 5.89. The summed E-state index contributed by atoms with van der Waals surface area (Å²) in [7, 11) is 0. The van der Waals surface area contributed by atoms with Gasteiger partial charge in [-0.3, -0.25) is 9.59 Å². The number of fused-ring (bicyclic) bond motifs is 3. The second kappa shape index (κ2) is 4.89. The summed E-state index contributed by atoms with van der Waals surface area (Å²) in [6, 6.07) is 0. The zero-order valence-corrected chi connectivity index (χ0v) is 14.7. The Balaban J connectivity index is 2.05. The zero-order valence-electron chi connectivity index (χ0n) is 14.7. The van der Waals surface area contributed by atoms with Crippen molar-refractivity contribution in [2.24, 2.45) is 28.1 Å². The SMILES string of the molecule is C=CC1(C)CC2=CCC3C(C)(C)C(O)C(=O)CC3(C)C2CC1=O. The number of rotatable bonds is 1. The first-order chi connectivity index (χ1) is 10.6. The molecule has 0 amide bonds. The molecule has 0 heterocycles. The minimum atomic E-state index is -0.895. The van der Waals surface area contributed by atoms with E-state index < -0.39 is 16.9 Å². The molecule has 5 atom stereocenters. The second-order valence-electron chi connectivity index (χ2n) is 8.92. The highest BCUT2D eigenvalue weighted by Gasteiger charge is 2.60. The Morgan fingerprint density at radius 1 is 1.22 bits per heavy atom. The van der Waals surface area contributed by atoms with E-state index in [1.54, 1.807) is 6.08 Å². The van der Waals surface area contributed by atoms with Gasteiger partial charge in [0.25, 0.3) is 0 Å². The standard InChI is InChI=1S/C20H28O3/c1-6-19(4)10-12-7-8-15-18(2,3)17(23)14(21)11-20(15,5)13(12)9-16(19)22/h6-7,13,15,17,23H,1,8-11H2,2-5H3. The molecule has 0 aromatic rings. The Kier molecular flexibility index (Phi) is 3.54. The fraction of sp³-hybridized carbons (Fsp3) is 0.700. The summed E-state index contributed by atoms with van der Waals surface area (Å²) in [6.45, 7) is 12.0. The van der Waals surface area contributed by atoms with Crippen LogP contribution in [0.4, 0.5) is 0 Å². The summed E-state index contributed by atoms with van der Waals surface area (Å²) in [4.78, 5) is 25.1. The van der Waals surface area contributed by atoms with Gasteiger partial charge in [-0.05, 0) is 37.0 Å². The summed E-state index contributed by atoms with van der Waals surface area (Å²) in [5.41, 5.74) is 0.154. The quantitative estimate of drug-likeness (QED) is 0.754. The van der Waals surface area contributed by atoms with E-state index in [1.807, 2.05) is 20.8 Å². The normalized spacial score (nSPS) is 45.8. The van der Waals surface area contributed by atoms with E-state index in [4.69, 9.17) is 0 Å². The first-order valence-electron chi connectivity index (χ1n) is 8.63. The Labute approximate surface area is 138 Å². The van der Waals surface area contributed by atoms with Crippen molar-refractivity contribution in [3.05, 3.63) is 24.3 Å². The highest BCUT2D eigenvalue weighted by Crippen LogP contribution is 2.62. The Morgan fingerprint density at radius 3 is 2.48 bits per heavy atom. The average molecular weight is 316 g/mol. The van der Waals surface area contributed by atoms with Crippen LogP contribution in [0.3, 0.4) is 0 Å². The molecular formula is C20H28O3. The van der Waals surface area contributed by atoms with Crippen molar-refractivity contribution in [3.63, 3.8) is 0 Å². The minimum Gasteiger partial charge on any atom is -0.385 e. The first kappa shape index (κ1) is 16.6. The molecule has 0 spiro atoms. The molecule has 3 rings (SSSR count). The molecule has 3 aliphatic carbocycles. The van der Waals surface area contributed by atoms with Crippen LogP contribution in [-0.2, 0) is 9.59 Å². The summed E-state index contributed by atoms with van der Waals surface area (Å²) in [6.07, 6.45) is 5.62. The number of aliphatic hydroxyl groups excluding tert-OH is 1. The first-order valence-corrected chi connectivity index (χ1v) is 8.63. The van der Waals surface area contributed by atoms with E-state index in [-0.39, 0.29) is 28.8 Å². The van der Waals surface area contributed by atoms with Crippen LogP contribution in [-0.4, -0.2) is 22.8 Å². The van der Waals surface area contributed by atoms with Gasteiger partial charge in [-0.2, -0.15) is 0 Å². The largest absolute Gasteiger partial charge is 0.385 e. The molecule has 23 heavy (non-hydrogen) atoms. The van der Waals surface area contributed by atoms with Gasteiger partial charge in [-0.1, -0.05) is 38.5 Å². The molecule has 0 aromatic heterocycles. The van der Waals surface area contributed by atoms with Crippen LogP contribution in [0.5, 0.6) is 0 Å². The van der Waals surface area contributed by atoms with Gasteiger partial charge >= 0.3 is 0 Å². The summed E-state index contributed by atoms with van der Waals surface area (Å²) < 4.78 is 0. The molecule has 0 aliphatic heterocycles. The molecule has 2 saturated carbocycles. The minimum absolute atomic E-state index is 0.0699. The van der Waals surface area contributed by atoms with Crippen molar-refractivity contribution in [1.29, 1.82) is 0 Å². The van der Waals surface area contributed by atoms with E-state index in [9.17, 15) is 14.7 Å². The van der Waals surface area contributed by atoms with Gasteiger partial charge in [-0.15, -0.1) is 6.58 Å². The van der Waals surface area contributed by atoms with Crippen LogP contribution in [0.2, 0.25) is 0 Å². The zero-order chi connectivity index (χ0) is 17.2. The highest BCUT2D eigenvalue weighted by atomic mass is 16.3.